The van der Waals surface area contributed by atoms with E-state index in [1.807, 2.05) is 12.1 Å². The van der Waals surface area contributed by atoms with Crippen LogP contribution in [0.25, 0.3) is 0 Å². The molecule has 0 unspecified atom stereocenters. The van der Waals surface area contributed by atoms with Crippen LogP contribution in [-0.4, -0.2) is 31.5 Å². The number of benzene rings is 3. The van der Waals surface area contributed by atoms with Gasteiger partial charge in [-0.25, -0.2) is 0 Å². The van der Waals surface area contributed by atoms with Gasteiger partial charge in [-0.05, 0) is 61.0 Å². The summed E-state index contributed by atoms with van der Waals surface area (Å²) in [6, 6.07) is 19.2. The zero-order chi connectivity index (χ0) is 25.9. The monoisotopic (exact) mass is 574 g/mol. The van der Waals surface area contributed by atoms with E-state index in [4.69, 9.17) is 25.8 Å². The van der Waals surface area contributed by atoms with Crippen molar-refractivity contribution in [3.8, 4) is 17.2 Å². The van der Waals surface area contributed by atoms with Gasteiger partial charge in [-0.2, -0.15) is 0 Å². The minimum absolute atomic E-state index is 0.00538. The molecular formula is C26H24BrClN2O6. The summed E-state index contributed by atoms with van der Waals surface area (Å²) in [7, 11) is 1.57. The second kappa shape index (κ2) is 13.5. The number of methoxy groups -OCH3 is 1. The van der Waals surface area contributed by atoms with Gasteiger partial charge in [0, 0.05) is 23.0 Å². The third-order valence-electron chi connectivity index (χ3n) is 4.79. The predicted molar refractivity (Wildman–Crippen MR) is 141 cm³/mol. The molecular weight excluding hydrogens is 552 g/mol. The van der Waals surface area contributed by atoms with Crippen molar-refractivity contribution in [2.75, 3.05) is 24.4 Å². The first kappa shape index (κ1) is 27.0. The number of hydrogen-bond acceptors (Lipinski definition) is 6. The van der Waals surface area contributed by atoms with Crippen LogP contribution in [0.15, 0.2) is 71.2 Å². The molecule has 3 aromatic carbocycles. The van der Waals surface area contributed by atoms with E-state index in [0.717, 1.165) is 4.47 Å². The molecule has 0 heterocycles. The van der Waals surface area contributed by atoms with E-state index in [9.17, 15) is 14.4 Å². The number of para-hydroxylation sites is 2. The van der Waals surface area contributed by atoms with Gasteiger partial charge in [-0.1, -0.05) is 39.7 Å². The zero-order valence-electron chi connectivity index (χ0n) is 19.4. The Balaban J connectivity index is 1.35. The highest BCUT2D eigenvalue weighted by molar-refractivity contribution is 9.10. The first-order chi connectivity index (χ1) is 17.3. The lowest BCUT2D eigenvalue weighted by Crippen LogP contribution is -2.21. The Morgan fingerprint density at radius 2 is 1.61 bits per heavy atom. The maximum Gasteiger partial charge on any atom is 0.306 e. The summed E-state index contributed by atoms with van der Waals surface area (Å²) in [4.78, 5) is 36.0. The van der Waals surface area contributed by atoms with Crippen LogP contribution >= 0.6 is 27.5 Å². The predicted octanol–water partition coefficient (Wildman–Crippen LogP) is 6.19. The molecule has 0 radical (unpaired) electrons. The van der Waals surface area contributed by atoms with Crippen molar-refractivity contribution in [3.05, 3.63) is 76.2 Å². The smallest absolute Gasteiger partial charge is 0.306 e. The number of amides is 2. The molecule has 0 fully saturated rings. The number of anilines is 2. The molecule has 0 bridgehead atoms. The van der Waals surface area contributed by atoms with Gasteiger partial charge in [0.1, 0.15) is 5.75 Å². The largest absolute Gasteiger partial charge is 0.493 e. The van der Waals surface area contributed by atoms with Crippen LogP contribution < -0.4 is 20.1 Å². The summed E-state index contributed by atoms with van der Waals surface area (Å²) < 4.78 is 16.8. The Morgan fingerprint density at radius 3 is 2.31 bits per heavy atom. The first-order valence-corrected chi connectivity index (χ1v) is 12.1. The molecule has 0 saturated carbocycles. The standard InChI is InChI=1S/C26H24BrClN2O6/c1-34-22-5-2-3-6-23(22)36-19-12-10-18(11-13-19)29-24(31)7-4-8-26(33)35-16-25(32)30-21-14-9-17(27)15-20(21)28/h2-3,5-6,9-15H,4,7-8,16H2,1H3,(H,29,31)(H,30,32). The van der Waals surface area contributed by atoms with Crippen LogP contribution in [0.3, 0.4) is 0 Å². The van der Waals surface area contributed by atoms with Crippen molar-refractivity contribution < 1.29 is 28.6 Å². The molecule has 0 atom stereocenters. The minimum atomic E-state index is -0.572. The molecule has 0 aromatic heterocycles. The topological polar surface area (TPSA) is 103 Å². The summed E-state index contributed by atoms with van der Waals surface area (Å²) in [5.74, 6) is 0.456. The van der Waals surface area contributed by atoms with E-state index in [2.05, 4.69) is 26.6 Å². The van der Waals surface area contributed by atoms with E-state index in [-0.39, 0.29) is 25.2 Å². The Hall–Kier alpha value is -3.56. The lowest BCUT2D eigenvalue weighted by atomic mass is 10.2. The lowest BCUT2D eigenvalue weighted by molar-refractivity contribution is -0.147. The molecule has 0 aliphatic carbocycles. The fraction of sp³-hybridized carbons (Fsp3) is 0.192. The van der Waals surface area contributed by atoms with Gasteiger partial charge >= 0.3 is 5.97 Å². The van der Waals surface area contributed by atoms with Crippen LogP contribution in [0, 0.1) is 0 Å². The number of hydrogen-bond donors (Lipinski definition) is 2. The second-order valence-electron chi connectivity index (χ2n) is 7.51. The molecule has 0 aliphatic heterocycles. The minimum Gasteiger partial charge on any atom is -0.493 e. The van der Waals surface area contributed by atoms with Crippen molar-refractivity contribution in [3.63, 3.8) is 0 Å². The number of carbonyl (C=O) groups is 3. The number of esters is 1. The van der Waals surface area contributed by atoms with E-state index in [1.165, 1.54) is 0 Å². The molecule has 3 aromatic rings. The normalized spacial score (nSPS) is 10.3. The Morgan fingerprint density at radius 1 is 0.889 bits per heavy atom. The number of carbonyl (C=O) groups excluding carboxylic acids is 3. The van der Waals surface area contributed by atoms with Crippen molar-refractivity contribution in [1.82, 2.24) is 0 Å². The zero-order valence-corrected chi connectivity index (χ0v) is 21.7. The number of ether oxygens (including phenoxy) is 3. The summed E-state index contributed by atoms with van der Waals surface area (Å²) in [6.07, 6.45) is 0.403. The molecule has 8 nitrogen and oxygen atoms in total. The summed E-state index contributed by atoms with van der Waals surface area (Å²) in [5, 5.41) is 5.69. The molecule has 10 heteroatoms. The average molecular weight is 576 g/mol. The summed E-state index contributed by atoms with van der Waals surface area (Å²) >= 11 is 9.32. The average Bonchev–Trinajstić information content (AvgIpc) is 2.86. The quantitative estimate of drug-likeness (QED) is 0.264. The fourth-order valence-corrected chi connectivity index (χ4v) is 3.77. The molecule has 3 rings (SSSR count). The van der Waals surface area contributed by atoms with Crippen LogP contribution in [0.1, 0.15) is 19.3 Å². The summed E-state index contributed by atoms with van der Waals surface area (Å²) in [5.41, 5.74) is 1.01. The van der Waals surface area contributed by atoms with Gasteiger partial charge in [0.15, 0.2) is 18.1 Å². The fourth-order valence-electron chi connectivity index (χ4n) is 3.05. The van der Waals surface area contributed by atoms with Gasteiger partial charge in [0.2, 0.25) is 5.91 Å². The van der Waals surface area contributed by atoms with Gasteiger partial charge in [-0.3, -0.25) is 14.4 Å². The maximum absolute atomic E-state index is 12.2. The molecule has 0 saturated heterocycles. The maximum atomic E-state index is 12.2. The van der Waals surface area contributed by atoms with E-state index in [1.54, 1.807) is 61.7 Å². The van der Waals surface area contributed by atoms with Crippen LogP contribution in [0.2, 0.25) is 5.02 Å². The van der Waals surface area contributed by atoms with Crippen LogP contribution in [0.5, 0.6) is 17.2 Å². The molecule has 0 spiro atoms. The first-order valence-electron chi connectivity index (χ1n) is 11.0. The van der Waals surface area contributed by atoms with E-state index >= 15 is 0 Å². The number of rotatable bonds is 11. The van der Waals surface area contributed by atoms with Crippen molar-refractivity contribution in [2.45, 2.75) is 19.3 Å². The highest BCUT2D eigenvalue weighted by Gasteiger charge is 2.11. The SMILES string of the molecule is COc1ccccc1Oc1ccc(NC(=O)CCCC(=O)OCC(=O)Nc2ccc(Br)cc2Cl)cc1. The third-order valence-corrected chi connectivity index (χ3v) is 5.60. The second-order valence-corrected chi connectivity index (χ2v) is 8.83. The van der Waals surface area contributed by atoms with Crippen molar-refractivity contribution in [2.24, 2.45) is 0 Å². The molecule has 188 valence electrons. The Kier molecular flexibility index (Phi) is 10.1. The van der Waals surface area contributed by atoms with Crippen molar-refractivity contribution >= 4 is 56.7 Å². The van der Waals surface area contributed by atoms with Gasteiger partial charge in [0.25, 0.3) is 5.91 Å². The number of halogens is 2. The molecule has 36 heavy (non-hydrogen) atoms. The Bertz CT molecular complexity index is 1220. The highest BCUT2D eigenvalue weighted by Crippen LogP contribution is 2.31. The number of nitrogens with one attached hydrogen (secondary N) is 2. The van der Waals surface area contributed by atoms with Crippen molar-refractivity contribution in [1.29, 1.82) is 0 Å². The molecule has 2 N–H and O–H groups in total. The van der Waals surface area contributed by atoms with Crippen LogP contribution in [0.4, 0.5) is 11.4 Å². The molecule has 2 amide bonds. The van der Waals surface area contributed by atoms with Gasteiger partial charge < -0.3 is 24.8 Å². The van der Waals surface area contributed by atoms with Crippen LogP contribution in [-0.2, 0) is 19.1 Å². The summed E-state index contributed by atoms with van der Waals surface area (Å²) in [6.45, 7) is -0.444. The van der Waals surface area contributed by atoms with Gasteiger partial charge in [-0.15, -0.1) is 0 Å². The van der Waals surface area contributed by atoms with E-state index < -0.39 is 18.5 Å². The third kappa shape index (κ3) is 8.58. The Labute approximate surface area is 222 Å². The lowest BCUT2D eigenvalue weighted by Gasteiger charge is -2.11. The molecule has 0 aliphatic rings. The van der Waals surface area contributed by atoms with Gasteiger partial charge in [0.05, 0.1) is 17.8 Å². The van der Waals surface area contributed by atoms with E-state index in [0.29, 0.717) is 33.6 Å². The highest BCUT2D eigenvalue weighted by atomic mass is 79.9.